The summed E-state index contributed by atoms with van der Waals surface area (Å²) in [4.78, 5) is 38.6. The summed E-state index contributed by atoms with van der Waals surface area (Å²) >= 11 is 3.33. The van der Waals surface area contributed by atoms with Gasteiger partial charge >= 0.3 is 0 Å². The fourth-order valence-corrected chi connectivity index (χ4v) is 3.50. The van der Waals surface area contributed by atoms with Crippen LogP contribution in [-0.4, -0.2) is 30.8 Å². The summed E-state index contributed by atoms with van der Waals surface area (Å²) in [6, 6.07) is 14.9. The zero-order valence-corrected chi connectivity index (χ0v) is 17.2. The van der Waals surface area contributed by atoms with Crippen LogP contribution in [0.15, 0.2) is 53.0 Å². The Balaban J connectivity index is 1.54. The van der Waals surface area contributed by atoms with Gasteiger partial charge in [0.05, 0.1) is 12.5 Å². The van der Waals surface area contributed by atoms with E-state index in [1.54, 1.807) is 17.0 Å². The third kappa shape index (κ3) is 4.78. The van der Waals surface area contributed by atoms with E-state index < -0.39 is 5.92 Å². The van der Waals surface area contributed by atoms with Crippen LogP contribution in [0.1, 0.15) is 18.9 Å². The van der Waals surface area contributed by atoms with E-state index in [-0.39, 0.29) is 30.7 Å². The van der Waals surface area contributed by atoms with E-state index in [2.05, 4.69) is 26.6 Å². The number of para-hydroxylation sites is 1. The lowest BCUT2D eigenvalue weighted by molar-refractivity contribution is -0.127. The first-order valence-electron chi connectivity index (χ1n) is 9.19. The molecule has 3 rings (SSSR count). The largest absolute Gasteiger partial charge is 0.347 e. The van der Waals surface area contributed by atoms with Crippen LogP contribution in [-0.2, 0) is 20.8 Å². The topological polar surface area (TPSA) is 78.5 Å². The Bertz CT molecular complexity index is 883. The van der Waals surface area contributed by atoms with Crippen molar-refractivity contribution < 1.29 is 14.4 Å². The first-order chi connectivity index (χ1) is 13.5. The van der Waals surface area contributed by atoms with Gasteiger partial charge in [0.2, 0.25) is 17.7 Å². The highest BCUT2D eigenvalue weighted by atomic mass is 79.9. The third-order valence-corrected chi connectivity index (χ3v) is 5.24. The average molecular weight is 444 g/mol. The molecule has 1 heterocycles. The minimum atomic E-state index is -0.460. The lowest BCUT2D eigenvalue weighted by atomic mass is 10.1. The summed E-state index contributed by atoms with van der Waals surface area (Å²) in [6.45, 7) is 2.23. The second-order valence-electron chi connectivity index (χ2n) is 6.66. The fourth-order valence-electron chi connectivity index (χ4n) is 3.24. The molecule has 146 valence electrons. The summed E-state index contributed by atoms with van der Waals surface area (Å²) in [5, 5.41) is 5.36. The number of hydrogen-bond acceptors (Lipinski definition) is 3. The number of hydrogen-bond donors (Lipinski definition) is 2. The standard InChI is InChI=1S/C21H22BrN3O3/c1-2-14-5-3-4-6-18(14)25-13-15(11-20(25)27)21(28)23-12-19(26)24-17-9-7-16(22)8-10-17/h3-10,15H,2,11-13H2,1H3,(H,23,28)(H,24,26). The van der Waals surface area contributed by atoms with Crippen LogP contribution in [0.25, 0.3) is 0 Å². The predicted octanol–water partition coefficient (Wildman–Crippen LogP) is 3.12. The first kappa shape index (κ1) is 20.1. The van der Waals surface area contributed by atoms with E-state index >= 15 is 0 Å². The molecule has 6 nitrogen and oxygen atoms in total. The summed E-state index contributed by atoms with van der Waals surface area (Å²) in [6.07, 6.45) is 0.964. The highest BCUT2D eigenvalue weighted by Crippen LogP contribution is 2.28. The van der Waals surface area contributed by atoms with Crippen molar-refractivity contribution in [1.82, 2.24) is 5.32 Å². The molecule has 28 heavy (non-hydrogen) atoms. The van der Waals surface area contributed by atoms with Crippen LogP contribution in [0.2, 0.25) is 0 Å². The number of nitrogens with zero attached hydrogens (tertiary/aromatic N) is 1. The smallest absolute Gasteiger partial charge is 0.243 e. The lowest BCUT2D eigenvalue weighted by Crippen LogP contribution is -2.38. The molecule has 1 saturated heterocycles. The molecule has 1 atom stereocenters. The Labute approximate surface area is 172 Å². The molecule has 2 aromatic rings. The maximum absolute atomic E-state index is 12.4. The average Bonchev–Trinajstić information content (AvgIpc) is 3.09. The van der Waals surface area contributed by atoms with Gasteiger partial charge in [0.15, 0.2) is 0 Å². The Hall–Kier alpha value is -2.67. The zero-order chi connectivity index (χ0) is 20.1. The molecule has 0 bridgehead atoms. The number of benzene rings is 2. The van der Waals surface area contributed by atoms with Crippen molar-refractivity contribution in [3.05, 3.63) is 58.6 Å². The van der Waals surface area contributed by atoms with E-state index in [0.717, 1.165) is 22.1 Å². The van der Waals surface area contributed by atoms with Gasteiger partial charge in [-0.15, -0.1) is 0 Å². The van der Waals surface area contributed by atoms with Gasteiger partial charge < -0.3 is 15.5 Å². The molecular formula is C21H22BrN3O3. The second kappa shape index (κ2) is 9.01. The number of amides is 3. The van der Waals surface area contributed by atoms with Gasteiger partial charge in [-0.2, -0.15) is 0 Å². The third-order valence-electron chi connectivity index (χ3n) is 4.71. The number of nitrogens with one attached hydrogen (secondary N) is 2. The molecular weight excluding hydrogens is 422 g/mol. The SMILES string of the molecule is CCc1ccccc1N1CC(C(=O)NCC(=O)Nc2ccc(Br)cc2)CC1=O. The highest BCUT2D eigenvalue weighted by Gasteiger charge is 2.35. The maximum atomic E-state index is 12.4. The van der Waals surface area contributed by atoms with Crippen molar-refractivity contribution in [1.29, 1.82) is 0 Å². The Morgan fingerprint density at radius 3 is 2.57 bits per heavy atom. The highest BCUT2D eigenvalue weighted by molar-refractivity contribution is 9.10. The van der Waals surface area contributed by atoms with E-state index in [4.69, 9.17) is 0 Å². The van der Waals surface area contributed by atoms with Gasteiger partial charge in [-0.3, -0.25) is 14.4 Å². The Morgan fingerprint density at radius 1 is 1.14 bits per heavy atom. The van der Waals surface area contributed by atoms with E-state index in [9.17, 15) is 14.4 Å². The minimum Gasteiger partial charge on any atom is -0.347 e. The molecule has 2 N–H and O–H groups in total. The van der Waals surface area contributed by atoms with Crippen LogP contribution in [0.5, 0.6) is 0 Å². The number of rotatable bonds is 6. The van der Waals surface area contributed by atoms with Crippen LogP contribution in [0.3, 0.4) is 0 Å². The molecule has 1 unspecified atom stereocenters. The van der Waals surface area contributed by atoms with Gasteiger partial charge in [0.25, 0.3) is 0 Å². The molecule has 0 aliphatic carbocycles. The van der Waals surface area contributed by atoms with E-state index in [1.807, 2.05) is 43.3 Å². The van der Waals surface area contributed by atoms with E-state index in [1.165, 1.54) is 0 Å². The van der Waals surface area contributed by atoms with Crippen molar-refractivity contribution in [2.24, 2.45) is 5.92 Å². The lowest BCUT2D eigenvalue weighted by Gasteiger charge is -2.19. The minimum absolute atomic E-state index is 0.0691. The molecule has 7 heteroatoms. The van der Waals surface area contributed by atoms with E-state index in [0.29, 0.717) is 12.2 Å². The van der Waals surface area contributed by atoms with Crippen LogP contribution in [0, 0.1) is 5.92 Å². The van der Waals surface area contributed by atoms with Crippen molar-refractivity contribution in [3.8, 4) is 0 Å². The summed E-state index contributed by atoms with van der Waals surface area (Å²) in [5.74, 6) is -1.12. The molecule has 0 radical (unpaired) electrons. The fraction of sp³-hybridized carbons (Fsp3) is 0.286. The molecule has 3 amide bonds. The number of anilines is 2. The van der Waals surface area contributed by atoms with Gasteiger partial charge in [0.1, 0.15) is 0 Å². The summed E-state index contributed by atoms with van der Waals surface area (Å²) < 4.78 is 0.916. The predicted molar refractivity (Wildman–Crippen MR) is 112 cm³/mol. The van der Waals surface area contributed by atoms with Gasteiger partial charge in [-0.1, -0.05) is 41.1 Å². The Kier molecular flexibility index (Phi) is 6.46. The number of aryl methyl sites for hydroxylation is 1. The van der Waals surface area contributed by atoms with Crippen LogP contribution >= 0.6 is 15.9 Å². The van der Waals surface area contributed by atoms with Crippen LogP contribution in [0.4, 0.5) is 11.4 Å². The number of halogens is 1. The normalized spacial score (nSPS) is 16.1. The van der Waals surface area contributed by atoms with Gasteiger partial charge in [-0.05, 0) is 42.3 Å². The van der Waals surface area contributed by atoms with Crippen molar-refractivity contribution in [2.75, 3.05) is 23.3 Å². The summed E-state index contributed by atoms with van der Waals surface area (Å²) in [7, 11) is 0. The Morgan fingerprint density at radius 2 is 1.86 bits per heavy atom. The molecule has 0 spiro atoms. The molecule has 2 aromatic carbocycles. The number of carbonyl (C=O) groups is 3. The zero-order valence-electron chi connectivity index (χ0n) is 15.6. The van der Waals surface area contributed by atoms with Crippen molar-refractivity contribution in [3.63, 3.8) is 0 Å². The quantitative estimate of drug-likeness (QED) is 0.719. The van der Waals surface area contributed by atoms with Gasteiger partial charge in [-0.25, -0.2) is 0 Å². The molecule has 1 fully saturated rings. The first-order valence-corrected chi connectivity index (χ1v) is 9.98. The summed E-state index contributed by atoms with van der Waals surface area (Å²) in [5.41, 5.74) is 2.59. The number of carbonyl (C=O) groups excluding carboxylic acids is 3. The maximum Gasteiger partial charge on any atom is 0.243 e. The van der Waals surface area contributed by atoms with Crippen molar-refractivity contribution >= 4 is 45.0 Å². The molecule has 0 saturated carbocycles. The monoisotopic (exact) mass is 443 g/mol. The van der Waals surface area contributed by atoms with Gasteiger partial charge in [0, 0.05) is 28.8 Å². The van der Waals surface area contributed by atoms with Crippen molar-refractivity contribution in [2.45, 2.75) is 19.8 Å². The molecule has 0 aromatic heterocycles. The van der Waals surface area contributed by atoms with Crippen LogP contribution < -0.4 is 15.5 Å². The molecule has 1 aliphatic rings. The second-order valence-corrected chi connectivity index (χ2v) is 7.58. The molecule has 1 aliphatic heterocycles.